The fraction of sp³-hybridized carbons (Fsp3) is 0.286. The van der Waals surface area contributed by atoms with E-state index in [4.69, 9.17) is 4.74 Å². The zero-order chi connectivity index (χ0) is 14.7. The van der Waals surface area contributed by atoms with E-state index in [1.165, 1.54) is 11.3 Å². The van der Waals surface area contributed by atoms with Gasteiger partial charge in [0, 0.05) is 11.1 Å². The maximum absolute atomic E-state index is 12.0. The maximum atomic E-state index is 12.0. The monoisotopic (exact) mass is 354 g/mol. The summed E-state index contributed by atoms with van der Waals surface area (Å²) in [4.78, 5) is 17.2. The molecule has 1 atom stereocenters. The summed E-state index contributed by atoms with van der Waals surface area (Å²) < 4.78 is 6.49. The second kappa shape index (κ2) is 6.37. The smallest absolute Gasteiger partial charge is 0.266 e. The average molecular weight is 355 g/mol. The SMILES string of the molecule is Cc1ccc(OC(C)C(=O)Nc2ncc(C)s2)c(Br)c1. The summed E-state index contributed by atoms with van der Waals surface area (Å²) in [7, 11) is 0. The van der Waals surface area contributed by atoms with Crippen LogP contribution in [0.4, 0.5) is 5.13 Å². The quantitative estimate of drug-likeness (QED) is 0.904. The number of nitrogens with zero attached hydrogens (tertiary/aromatic N) is 1. The maximum Gasteiger partial charge on any atom is 0.266 e. The van der Waals surface area contributed by atoms with E-state index < -0.39 is 6.10 Å². The molecule has 0 radical (unpaired) electrons. The number of carbonyl (C=O) groups excluding carboxylic acids is 1. The molecule has 0 fully saturated rings. The molecule has 1 aromatic heterocycles. The molecule has 1 aromatic carbocycles. The minimum atomic E-state index is -0.599. The highest BCUT2D eigenvalue weighted by atomic mass is 79.9. The van der Waals surface area contributed by atoms with Crippen LogP contribution in [0.3, 0.4) is 0 Å². The largest absolute Gasteiger partial charge is 0.480 e. The van der Waals surface area contributed by atoms with Gasteiger partial charge in [-0.15, -0.1) is 11.3 Å². The molecule has 0 aliphatic carbocycles. The summed E-state index contributed by atoms with van der Waals surface area (Å²) in [6.07, 6.45) is 1.13. The summed E-state index contributed by atoms with van der Waals surface area (Å²) in [6.45, 7) is 5.65. The number of amides is 1. The highest BCUT2D eigenvalue weighted by Gasteiger charge is 2.17. The predicted octanol–water partition coefficient (Wildman–Crippen LogP) is 3.93. The van der Waals surface area contributed by atoms with Crippen LogP contribution in [0, 0.1) is 13.8 Å². The van der Waals surface area contributed by atoms with E-state index in [1.807, 2.05) is 32.0 Å². The van der Waals surface area contributed by atoms with Crippen LogP contribution < -0.4 is 10.1 Å². The van der Waals surface area contributed by atoms with Gasteiger partial charge in [0.2, 0.25) is 0 Å². The van der Waals surface area contributed by atoms with Crippen molar-refractivity contribution in [3.05, 3.63) is 39.3 Å². The Bertz CT molecular complexity index is 627. The Balaban J connectivity index is 2.00. The first-order chi connectivity index (χ1) is 9.45. The number of benzene rings is 1. The first kappa shape index (κ1) is 15.0. The third-order valence-electron chi connectivity index (χ3n) is 2.61. The molecule has 1 amide bonds. The number of nitrogens with one attached hydrogen (secondary N) is 1. The van der Waals surface area contributed by atoms with Gasteiger partial charge in [0.25, 0.3) is 5.91 Å². The second-order valence-electron chi connectivity index (χ2n) is 4.46. The molecular formula is C14H15BrN2O2S. The van der Waals surface area contributed by atoms with Crippen molar-refractivity contribution in [2.45, 2.75) is 26.9 Å². The molecule has 2 rings (SSSR count). The highest BCUT2D eigenvalue weighted by Crippen LogP contribution is 2.27. The number of aryl methyl sites for hydroxylation is 2. The van der Waals surface area contributed by atoms with Crippen LogP contribution in [0.25, 0.3) is 0 Å². The van der Waals surface area contributed by atoms with Crippen LogP contribution in [-0.2, 0) is 4.79 Å². The van der Waals surface area contributed by atoms with Gasteiger partial charge in [-0.25, -0.2) is 4.98 Å². The van der Waals surface area contributed by atoms with Gasteiger partial charge in [-0.2, -0.15) is 0 Å². The Morgan fingerprint density at radius 1 is 1.45 bits per heavy atom. The summed E-state index contributed by atoms with van der Waals surface area (Å²) in [5, 5.41) is 3.33. The first-order valence-corrected chi connectivity index (χ1v) is 7.73. The third kappa shape index (κ3) is 3.80. The molecule has 4 nitrogen and oxygen atoms in total. The fourth-order valence-corrected chi connectivity index (χ4v) is 2.82. The van der Waals surface area contributed by atoms with E-state index in [0.717, 1.165) is 14.9 Å². The number of halogens is 1. The van der Waals surface area contributed by atoms with E-state index in [1.54, 1.807) is 13.1 Å². The van der Waals surface area contributed by atoms with E-state index in [0.29, 0.717) is 10.9 Å². The predicted molar refractivity (Wildman–Crippen MR) is 84.4 cm³/mol. The standard InChI is InChI=1S/C14H15BrN2O2S/c1-8-4-5-12(11(15)6-8)19-10(3)13(18)17-14-16-7-9(2)20-14/h4-7,10H,1-3H3,(H,16,17,18). The van der Waals surface area contributed by atoms with Gasteiger partial charge >= 0.3 is 0 Å². The van der Waals surface area contributed by atoms with E-state index in [9.17, 15) is 4.79 Å². The molecule has 1 unspecified atom stereocenters. The number of rotatable bonds is 4. The van der Waals surface area contributed by atoms with Crippen molar-refractivity contribution in [2.75, 3.05) is 5.32 Å². The van der Waals surface area contributed by atoms with E-state index in [-0.39, 0.29) is 5.91 Å². The van der Waals surface area contributed by atoms with Crippen molar-refractivity contribution in [2.24, 2.45) is 0 Å². The van der Waals surface area contributed by atoms with Crippen molar-refractivity contribution in [1.29, 1.82) is 0 Å². The highest BCUT2D eigenvalue weighted by molar-refractivity contribution is 9.10. The molecule has 106 valence electrons. The molecule has 0 spiro atoms. The normalized spacial score (nSPS) is 12.0. The van der Waals surface area contributed by atoms with Crippen LogP contribution >= 0.6 is 27.3 Å². The van der Waals surface area contributed by atoms with Crippen molar-refractivity contribution in [1.82, 2.24) is 4.98 Å². The number of ether oxygens (including phenoxy) is 1. The summed E-state index contributed by atoms with van der Waals surface area (Å²) in [5.74, 6) is 0.431. The number of aromatic nitrogens is 1. The second-order valence-corrected chi connectivity index (χ2v) is 6.55. The number of anilines is 1. The number of carbonyl (C=O) groups is 1. The lowest BCUT2D eigenvalue weighted by molar-refractivity contribution is -0.122. The van der Waals surface area contributed by atoms with Crippen LogP contribution in [0.1, 0.15) is 17.4 Å². The lowest BCUT2D eigenvalue weighted by Gasteiger charge is -2.15. The molecule has 0 aliphatic rings. The lowest BCUT2D eigenvalue weighted by atomic mass is 10.2. The van der Waals surface area contributed by atoms with Crippen LogP contribution in [-0.4, -0.2) is 17.0 Å². The molecular weight excluding hydrogens is 340 g/mol. The average Bonchev–Trinajstić information content (AvgIpc) is 2.78. The van der Waals surface area contributed by atoms with Gasteiger partial charge in [-0.1, -0.05) is 6.07 Å². The minimum absolute atomic E-state index is 0.216. The molecule has 0 saturated heterocycles. The molecule has 20 heavy (non-hydrogen) atoms. The van der Waals surface area contributed by atoms with Gasteiger partial charge in [-0.05, 0) is 54.4 Å². The van der Waals surface area contributed by atoms with Crippen LogP contribution in [0.15, 0.2) is 28.9 Å². The molecule has 6 heteroatoms. The van der Waals surface area contributed by atoms with Crippen molar-refractivity contribution < 1.29 is 9.53 Å². The van der Waals surface area contributed by atoms with Gasteiger partial charge in [0.05, 0.1) is 4.47 Å². The molecule has 2 aromatic rings. The molecule has 1 heterocycles. The number of hydrogen-bond donors (Lipinski definition) is 1. The topological polar surface area (TPSA) is 51.2 Å². The van der Waals surface area contributed by atoms with Crippen molar-refractivity contribution >= 4 is 38.3 Å². The Labute approximate surface area is 130 Å². The fourth-order valence-electron chi connectivity index (χ4n) is 1.56. The van der Waals surface area contributed by atoms with Crippen LogP contribution in [0.2, 0.25) is 0 Å². The van der Waals surface area contributed by atoms with Gasteiger partial charge in [0.15, 0.2) is 11.2 Å². The molecule has 1 N–H and O–H groups in total. The van der Waals surface area contributed by atoms with E-state index >= 15 is 0 Å². The van der Waals surface area contributed by atoms with E-state index in [2.05, 4.69) is 26.2 Å². The minimum Gasteiger partial charge on any atom is -0.480 e. The molecule has 0 bridgehead atoms. The van der Waals surface area contributed by atoms with Crippen molar-refractivity contribution in [3.8, 4) is 5.75 Å². The zero-order valence-corrected chi connectivity index (χ0v) is 13.8. The lowest BCUT2D eigenvalue weighted by Crippen LogP contribution is -2.30. The zero-order valence-electron chi connectivity index (χ0n) is 11.4. The Morgan fingerprint density at radius 2 is 2.20 bits per heavy atom. The first-order valence-electron chi connectivity index (χ1n) is 6.12. The molecule has 0 aliphatic heterocycles. The third-order valence-corrected chi connectivity index (χ3v) is 4.06. The number of hydrogen-bond acceptors (Lipinski definition) is 4. The Hall–Kier alpha value is -1.40. The van der Waals surface area contributed by atoms with Gasteiger partial charge in [0.1, 0.15) is 5.75 Å². The summed E-state index contributed by atoms with van der Waals surface area (Å²) in [5.41, 5.74) is 1.12. The summed E-state index contributed by atoms with van der Waals surface area (Å²) in [6, 6.07) is 5.73. The van der Waals surface area contributed by atoms with Crippen LogP contribution in [0.5, 0.6) is 5.75 Å². The van der Waals surface area contributed by atoms with Gasteiger partial charge in [-0.3, -0.25) is 10.1 Å². The number of thiazole rings is 1. The molecule has 0 saturated carbocycles. The van der Waals surface area contributed by atoms with Crippen molar-refractivity contribution in [3.63, 3.8) is 0 Å². The van der Waals surface area contributed by atoms with Gasteiger partial charge < -0.3 is 4.74 Å². The summed E-state index contributed by atoms with van der Waals surface area (Å²) >= 11 is 4.86. The Kier molecular flexibility index (Phi) is 4.77. The Morgan fingerprint density at radius 3 is 2.80 bits per heavy atom.